The van der Waals surface area contributed by atoms with Gasteiger partial charge >= 0.3 is 6.18 Å². The average molecular weight is 486 g/mol. The summed E-state index contributed by atoms with van der Waals surface area (Å²) < 4.78 is 42.4. The van der Waals surface area contributed by atoms with Gasteiger partial charge in [-0.2, -0.15) is 18.3 Å². The Kier molecular flexibility index (Phi) is 5.74. The molecule has 3 aromatic heterocycles. The summed E-state index contributed by atoms with van der Waals surface area (Å²) >= 11 is 0. The van der Waals surface area contributed by atoms with Gasteiger partial charge in [-0.3, -0.25) is 14.0 Å². The number of halogens is 3. The highest BCUT2D eigenvalue weighted by Crippen LogP contribution is 2.30. The number of carbonyl (C=O) groups is 1. The molecular weight excluding hydrogens is 469 g/mol. The summed E-state index contributed by atoms with van der Waals surface area (Å²) in [7, 11) is 1.84. The van der Waals surface area contributed by atoms with E-state index in [2.05, 4.69) is 32.2 Å². The van der Waals surface area contributed by atoms with Crippen LogP contribution in [0.4, 0.5) is 19.0 Å². The molecule has 0 saturated heterocycles. The van der Waals surface area contributed by atoms with Crippen molar-refractivity contribution in [3.8, 4) is 17.5 Å². The van der Waals surface area contributed by atoms with Gasteiger partial charge in [-0.25, -0.2) is 9.97 Å². The van der Waals surface area contributed by atoms with Crippen LogP contribution in [0, 0.1) is 11.8 Å². The minimum Gasteiger partial charge on any atom is -0.307 e. The highest BCUT2D eigenvalue weighted by Gasteiger charge is 2.30. The number of anilines is 1. The molecule has 0 aliphatic carbocycles. The molecule has 2 aromatic carbocycles. The molecule has 0 fully saturated rings. The Morgan fingerprint density at radius 3 is 2.56 bits per heavy atom. The van der Waals surface area contributed by atoms with E-state index in [1.165, 1.54) is 0 Å². The molecule has 0 spiro atoms. The first kappa shape index (κ1) is 22.9. The maximum atomic E-state index is 12.9. The normalized spacial score (nSPS) is 11.2. The number of benzene rings is 2. The molecule has 1 amide bonds. The third-order valence-electron chi connectivity index (χ3n) is 5.32. The Balaban J connectivity index is 1.34. The van der Waals surface area contributed by atoms with Gasteiger partial charge in [0.05, 0.1) is 28.5 Å². The SMILES string of the molecule is Cn1cc(-n2cnc3cc(C#Cc4cccc(C(=O)Nc5cc(C(F)(F)F)ccn5)c4)ccc32)cn1. The zero-order chi connectivity index (χ0) is 25.3. The maximum absolute atomic E-state index is 12.9. The van der Waals surface area contributed by atoms with E-state index >= 15 is 0 Å². The molecule has 7 nitrogen and oxygen atoms in total. The third kappa shape index (κ3) is 4.81. The van der Waals surface area contributed by atoms with Gasteiger partial charge in [0.25, 0.3) is 5.91 Å². The molecule has 0 aliphatic heterocycles. The summed E-state index contributed by atoms with van der Waals surface area (Å²) in [6.45, 7) is 0. The summed E-state index contributed by atoms with van der Waals surface area (Å²) in [5.74, 6) is 5.30. The minimum absolute atomic E-state index is 0.190. The van der Waals surface area contributed by atoms with Crippen molar-refractivity contribution >= 4 is 22.8 Å². The number of hydrogen-bond acceptors (Lipinski definition) is 4. The van der Waals surface area contributed by atoms with Crippen molar-refractivity contribution in [3.63, 3.8) is 0 Å². The Labute approximate surface area is 203 Å². The number of rotatable bonds is 3. The predicted octanol–water partition coefficient (Wildman–Crippen LogP) is 4.82. The second kappa shape index (κ2) is 9.03. The van der Waals surface area contributed by atoms with Crippen molar-refractivity contribution in [1.29, 1.82) is 0 Å². The number of hydrogen-bond donors (Lipinski definition) is 1. The number of nitrogens with one attached hydrogen (secondary N) is 1. The zero-order valence-corrected chi connectivity index (χ0v) is 18.8. The number of pyridine rings is 1. The van der Waals surface area contributed by atoms with Crippen LogP contribution in [0.5, 0.6) is 0 Å². The number of amides is 1. The molecule has 36 heavy (non-hydrogen) atoms. The fourth-order valence-corrected chi connectivity index (χ4v) is 3.58. The van der Waals surface area contributed by atoms with E-state index in [-0.39, 0.29) is 11.4 Å². The number of aryl methyl sites for hydroxylation is 1. The molecule has 10 heteroatoms. The van der Waals surface area contributed by atoms with Crippen LogP contribution in [0.15, 0.2) is 79.5 Å². The van der Waals surface area contributed by atoms with Crippen LogP contribution in [-0.4, -0.2) is 30.2 Å². The van der Waals surface area contributed by atoms with Crippen LogP contribution in [0.25, 0.3) is 16.7 Å². The van der Waals surface area contributed by atoms with Crippen LogP contribution in [-0.2, 0) is 13.2 Å². The highest BCUT2D eigenvalue weighted by atomic mass is 19.4. The number of fused-ring (bicyclic) bond motifs is 1. The van der Waals surface area contributed by atoms with Crippen molar-refractivity contribution in [2.24, 2.45) is 7.05 Å². The van der Waals surface area contributed by atoms with Gasteiger partial charge in [-0.05, 0) is 48.5 Å². The monoisotopic (exact) mass is 486 g/mol. The Morgan fingerprint density at radius 2 is 1.81 bits per heavy atom. The minimum atomic E-state index is -4.53. The van der Waals surface area contributed by atoms with Crippen LogP contribution in [0.1, 0.15) is 27.0 Å². The number of imidazole rings is 1. The summed E-state index contributed by atoms with van der Waals surface area (Å²) in [6.07, 6.45) is 1.83. The molecule has 0 unspecified atom stereocenters. The smallest absolute Gasteiger partial charge is 0.307 e. The van der Waals surface area contributed by atoms with Crippen molar-refractivity contribution in [2.75, 3.05) is 5.32 Å². The Morgan fingerprint density at radius 1 is 1.00 bits per heavy atom. The lowest BCUT2D eigenvalue weighted by Crippen LogP contribution is -2.14. The standard InChI is InChI=1S/C26H17F3N6O/c1-34-15-21(14-32-34)35-16-31-22-12-18(7-8-23(22)35)6-5-17-3-2-4-19(11-17)25(36)33-24-13-20(9-10-30-24)26(27,28)29/h2-4,7-16H,1H3,(H,30,33,36). The lowest BCUT2D eigenvalue weighted by Gasteiger charge is -2.09. The van der Waals surface area contributed by atoms with Gasteiger partial charge in [0.1, 0.15) is 12.1 Å². The lowest BCUT2D eigenvalue weighted by molar-refractivity contribution is -0.137. The summed E-state index contributed by atoms with van der Waals surface area (Å²) in [4.78, 5) is 20.8. The van der Waals surface area contributed by atoms with E-state index in [4.69, 9.17) is 0 Å². The van der Waals surface area contributed by atoms with Gasteiger partial charge in [0, 0.05) is 36.1 Å². The number of nitrogens with zero attached hydrogens (tertiary/aromatic N) is 5. The first-order valence-corrected chi connectivity index (χ1v) is 10.7. The Hall–Kier alpha value is -4.91. The van der Waals surface area contributed by atoms with Crippen LogP contribution in [0.3, 0.4) is 0 Å². The molecule has 5 rings (SSSR count). The number of carbonyl (C=O) groups excluding carboxylic acids is 1. The second-order valence-corrected chi connectivity index (χ2v) is 7.90. The summed E-state index contributed by atoms with van der Waals surface area (Å²) in [5.41, 5.74) is 3.24. The highest BCUT2D eigenvalue weighted by molar-refractivity contribution is 6.04. The molecule has 0 atom stereocenters. The van der Waals surface area contributed by atoms with Crippen molar-refractivity contribution < 1.29 is 18.0 Å². The Bertz CT molecular complexity index is 1660. The average Bonchev–Trinajstić information content (AvgIpc) is 3.48. The van der Waals surface area contributed by atoms with Crippen LogP contribution < -0.4 is 5.32 Å². The third-order valence-corrected chi connectivity index (χ3v) is 5.32. The van der Waals surface area contributed by atoms with Gasteiger partial charge < -0.3 is 5.32 Å². The van der Waals surface area contributed by atoms with E-state index in [9.17, 15) is 18.0 Å². The van der Waals surface area contributed by atoms with Gasteiger partial charge in [0.15, 0.2) is 0 Å². The molecule has 178 valence electrons. The maximum Gasteiger partial charge on any atom is 0.416 e. The molecule has 0 radical (unpaired) electrons. The summed E-state index contributed by atoms with van der Waals surface area (Å²) in [5, 5.41) is 6.58. The molecular formula is C26H17F3N6O. The fourth-order valence-electron chi connectivity index (χ4n) is 3.58. The van der Waals surface area contributed by atoms with Gasteiger partial charge in [0.2, 0.25) is 0 Å². The quantitative estimate of drug-likeness (QED) is 0.371. The van der Waals surface area contributed by atoms with E-state index in [1.54, 1.807) is 41.5 Å². The number of aromatic nitrogens is 5. The van der Waals surface area contributed by atoms with E-state index in [1.807, 2.05) is 36.0 Å². The number of alkyl halides is 3. The first-order chi connectivity index (χ1) is 17.3. The lowest BCUT2D eigenvalue weighted by atomic mass is 10.1. The summed E-state index contributed by atoms with van der Waals surface area (Å²) in [6, 6.07) is 13.8. The van der Waals surface area contributed by atoms with E-state index in [0.29, 0.717) is 5.56 Å². The van der Waals surface area contributed by atoms with Crippen LogP contribution >= 0.6 is 0 Å². The molecule has 3 heterocycles. The molecule has 5 aromatic rings. The predicted molar refractivity (Wildman–Crippen MR) is 127 cm³/mol. The van der Waals surface area contributed by atoms with Crippen molar-refractivity contribution in [1.82, 2.24) is 24.3 Å². The van der Waals surface area contributed by atoms with Crippen LogP contribution in [0.2, 0.25) is 0 Å². The molecule has 0 bridgehead atoms. The van der Waals surface area contributed by atoms with Gasteiger partial charge in [-0.1, -0.05) is 17.9 Å². The van der Waals surface area contributed by atoms with Crippen molar-refractivity contribution in [3.05, 3.63) is 102 Å². The zero-order valence-electron chi connectivity index (χ0n) is 18.8. The molecule has 1 N–H and O–H groups in total. The fraction of sp³-hybridized carbons (Fsp3) is 0.0769. The van der Waals surface area contributed by atoms with E-state index < -0.39 is 17.6 Å². The topological polar surface area (TPSA) is 77.6 Å². The van der Waals surface area contributed by atoms with E-state index in [0.717, 1.165) is 40.6 Å². The van der Waals surface area contributed by atoms with Gasteiger partial charge in [-0.15, -0.1) is 0 Å². The van der Waals surface area contributed by atoms with Crippen molar-refractivity contribution in [2.45, 2.75) is 6.18 Å². The largest absolute Gasteiger partial charge is 0.416 e. The molecule has 0 saturated carbocycles. The second-order valence-electron chi connectivity index (χ2n) is 7.90. The first-order valence-electron chi connectivity index (χ1n) is 10.7. The molecule has 0 aliphatic rings.